The lowest BCUT2D eigenvalue weighted by molar-refractivity contribution is -0.117. The predicted molar refractivity (Wildman–Crippen MR) is 93.1 cm³/mol. The number of hydrogen-bond donors (Lipinski definition) is 2. The number of aromatic nitrogens is 3. The van der Waals surface area contributed by atoms with Crippen LogP contribution in [0.2, 0.25) is 0 Å². The van der Waals surface area contributed by atoms with Crippen LogP contribution < -0.4 is 11.1 Å². The zero-order valence-electron chi connectivity index (χ0n) is 14.0. The van der Waals surface area contributed by atoms with Crippen molar-refractivity contribution in [2.24, 2.45) is 12.8 Å². The lowest BCUT2D eigenvalue weighted by Gasteiger charge is -2.12. The number of halogens is 2. The summed E-state index contributed by atoms with van der Waals surface area (Å²) >= 11 is 0. The standard InChI is InChI=1S/C18H17F2N5O/c1-25-17(10-16(24-25)12-4-6-22-7-5-12)23-18(26)15(21)9-11-2-3-13(19)14(20)8-11/h2-8,10,15H,9,21H2,1H3,(H,23,26)/t15-/m0/s1. The molecular formula is C18H17F2N5O. The van der Waals surface area contributed by atoms with Gasteiger partial charge in [0.25, 0.3) is 0 Å². The second-order valence-corrected chi connectivity index (χ2v) is 5.82. The number of aryl methyl sites for hydroxylation is 1. The third-order valence-corrected chi connectivity index (χ3v) is 3.88. The fourth-order valence-electron chi connectivity index (χ4n) is 2.48. The minimum Gasteiger partial charge on any atom is -0.320 e. The maximum absolute atomic E-state index is 13.3. The maximum Gasteiger partial charge on any atom is 0.242 e. The molecule has 0 fully saturated rings. The van der Waals surface area contributed by atoms with Crippen LogP contribution in [0.4, 0.5) is 14.6 Å². The van der Waals surface area contributed by atoms with E-state index >= 15 is 0 Å². The second-order valence-electron chi connectivity index (χ2n) is 5.82. The van der Waals surface area contributed by atoms with Gasteiger partial charge in [-0.15, -0.1) is 0 Å². The van der Waals surface area contributed by atoms with Gasteiger partial charge in [0.05, 0.1) is 11.7 Å². The van der Waals surface area contributed by atoms with E-state index in [1.54, 1.807) is 25.5 Å². The van der Waals surface area contributed by atoms with Crippen LogP contribution in [0.1, 0.15) is 5.56 Å². The molecule has 2 heterocycles. The van der Waals surface area contributed by atoms with Gasteiger partial charge in [0.15, 0.2) is 11.6 Å². The zero-order chi connectivity index (χ0) is 18.7. The molecule has 8 heteroatoms. The number of amides is 1. The highest BCUT2D eigenvalue weighted by Crippen LogP contribution is 2.20. The number of pyridine rings is 1. The maximum atomic E-state index is 13.3. The van der Waals surface area contributed by atoms with Crippen molar-refractivity contribution in [3.63, 3.8) is 0 Å². The quantitative estimate of drug-likeness (QED) is 0.733. The van der Waals surface area contributed by atoms with Gasteiger partial charge < -0.3 is 11.1 Å². The molecule has 1 aromatic carbocycles. The molecule has 0 radical (unpaired) electrons. The Morgan fingerprint density at radius 2 is 1.92 bits per heavy atom. The van der Waals surface area contributed by atoms with Gasteiger partial charge in [-0.1, -0.05) is 6.07 Å². The fraction of sp³-hybridized carbons (Fsp3) is 0.167. The number of nitrogens with two attached hydrogens (primary N) is 1. The predicted octanol–water partition coefficient (Wildman–Crippen LogP) is 2.27. The SMILES string of the molecule is Cn1nc(-c2ccncc2)cc1NC(=O)[C@@H](N)Cc1ccc(F)c(F)c1. The molecule has 3 rings (SSSR count). The van der Waals surface area contributed by atoms with Crippen molar-refractivity contribution >= 4 is 11.7 Å². The highest BCUT2D eigenvalue weighted by Gasteiger charge is 2.17. The highest BCUT2D eigenvalue weighted by molar-refractivity contribution is 5.94. The lowest BCUT2D eigenvalue weighted by Crippen LogP contribution is -2.37. The third-order valence-electron chi connectivity index (χ3n) is 3.88. The van der Waals surface area contributed by atoms with E-state index < -0.39 is 23.6 Å². The monoisotopic (exact) mass is 357 g/mol. The van der Waals surface area contributed by atoms with E-state index in [9.17, 15) is 13.6 Å². The van der Waals surface area contributed by atoms with E-state index in [1.165, 1.54) is 10.7 Å². The fourth-order valence-corrected chi connectivity index (χ4v) is 2.48. The molecule has 26 heavy (non-hydrogen) atoms. The number of carbonyl (C=O) groups is 1. The Hall–Kier alpha value is -3.13. The van der Waals surface area contributed by atoms with E-state index in [0.717, 1.165) is 17.7 Å². The summed E-state index contributed by atoms with van der Waals surface area (Å²) in [5.74, 6) is -1.88. The number of anilines is 1. The van der Waals surface area contributed by atoms with E-state index in [4.69, 9.17) is 5.73 Å². The van der Waals surface area contributed by atoms with Crippen molar-refractivity contribution in [2.45, 2.75) is 12.5 Å². The summed E-state index contributed by atoms with van der Waals surface area (Å²) in [7, 11) is 1.70. The first kappa shape index (κ1) is 17.7. The topological polar surface area (TPSA) is 85.8 Å². The summed E-state index contributed by atoms with van der Waals surface area (Å²) in [5, 5.41) is 7.04. The Morgan fingerprint density at radius 1 is 1.19 bits per heavy atom. The summed E-state index contributed by atoms with van der Waals surface area (Å²) in [6.07, 6.45) is 3.39. The largest absolute Gasteiger partial charge is 0.320 e. The molecule has 0 aliphatic rings. The molecule has 6 nitrogen and oxygen atoms in total. The highest BCUT2D eigenvalue weighted by atomic mass is 19.2. The van der Waals surface area contributed by atoms with Gasteiger partial charge >= 0.3 is 0 Å². The first-order chi connectivity index (χ1) is 12.4. The van der Waals surface area contributed by atoms with Crippen LogP contribution in [0, 0.1) is 11.6 Å². The van der Waals surface area contributed by atoms with Crippen molar-refractivity contribution in [3.8, 4) is 11.3 Å². The van der Waals surface area contributed by atoms with Gasteiger partial charge in [0.2, 0.25) is 5.91 Å². The van der Waals surface area contributed by atoms with Crippen LogP contribution in [0.3, 0.4) is 0 Å². The van der Waals surface area contributed by atoms with Gasteiger partial charge in [-0.2, -0.15) is 5.10 Å². The van der Waals surface area contributed by atoms with Gasteiger partial charge in [-0.25, -0.2) is 8.78 Å². The first-order valence-corrected chi connectivity index (χ1v) is 7.89. The number of rotatable bonds is 5. The number of carbonyl (C=O) groups excluding carboxylic acids is 1. The van der Waals surface area contributed by atoms with Crippen LogP contribution in [0.5, 0.6) is 0 Å². The van der Waals surface area contributed by atoms with Crippen LogP contribution >= 0.6 is 0 Å². The van der Waals surface area contributed by atoms with Crippen molar-refractivity contribution in [1.82, 2.24) is 14.8 Å². The molecule has 0 aliphatic heterocycles. The minimum atomic E-state index is -0.969. The van der Waals surface area contributed by atoms with E-state index in [1.807, 2.05) is 12.1 Å². The molecule has 1 amide bonds. The molecule has 0 saturated heterocycles. The Balaban J connectivity index is 1.69. The molecule has 0 saturated carbocycles. The van der Waals surface area contributed by atoms with Crippen LogP contribution in [0.25, 0.3) is 11.3 Å². The molecule has 0 aliphatic carbocycles. The molecule has 3 N–H and O–H groups in total. The van der Waals surface area contributed by atoms with Crippen molar-refractivity contribution < 1.29 is 13.6 Å². The molecule has 0 bridgehead atoms. The minimum absolute atomic E-state index is 0.0814. The van der Waals surface area contributed by atoms with Gasteiger partial charge in [0.1, 0.15) is 5.82 Å². The summed E-state index contributed by atoms with van der Waals surface area (Å²) in [5.41, 5.74) is 7.87. The molecule has 3 aromatic rings. The summed E-state index contributed by atoms with van der Waals surface area (Å²) in [6.45, 7) is 0. The Kier molecular flexibility index (Phi) is 5.04. The third kappa shape index (κ3) is 3.92. The number of nitrogens with zero attached hydrogens (tertiary/aromatic N) is 3. The Labute approximate surface area is 148 Å². The average Bonchev–Trinajstić information content (AvgIpc) is 2.99. The van der Waals surface area contributed by atoms with Crippen molar-refractivity contribution in [2.75, 3.05) is 5.32 Å². The molecule has 1 atom stereocenters. The molecule has 2 aromatic heterocycles. The summed E-state index contributed by atoms with van der Waals surface area (Å²) < 4.78 is 27.8. The van der Waals surface area contributed by atoms with Crippen LogP contribution in [-0.2, 0) is 18.3 Å². The molecular weight excluding hydrogens is 340 g/mol. The van der Waals surface area contributed by atoms with E-state index in [2.05, 4.69) is 15.4 Å². The van der Waals surface area contributed by atoms with Crippen molar-refractivity contribution in [1.29, 1.82) is 0 Å². The van der Waals surface area contributed by atoms with Gasteiger partial charge in [0, 0.05) is 31.1 Å². The second kappa shape index (κ2) is 7.40. The number of nitrogens with one attached hydrogen (secondary N) is 1. The molecule has 0 spiro atoms. The summed E-state index contributed by atoms with van der Waals surface area (Å²) in [6, 6.07) is 7.87. The van der Waals surface area contributed by atoms with Gasteiger partial charge in [-0.05, 0) is 36.2 Å². The normalized spacial score (nSPS) is 12.0. The first-order valence-electron chi connectivity index (χ1n) is 7.89. The zero-order valence-corrected chi connectivity index (χ0v) is 14.0. The van der Waals surface area contributed by atoms with Crippen molar-refractivity contribution in [3.05, 3.63) is 66.0 Å². The van der Waals surface area contributed by atoms with Gasteiger partial charge in [-0.3, -0.25) is 14.5 Å². The Bertz CT molecular complexity index is 927. The van der Waals surface area contributed by atoms with E-state index in [0.29, 0.717) is 17.1 Å². The lowest BCUT2D eigenvalue weighted by atomic mass is 10.1. The van der Waals surface area contributed by atoms with Crippen LogP contribution in [-0.4, -0.2) is 26.7 Å². The number of benzene rings is 1. The smallest absolute Gasteiger partial charge is 0.242 e. The average molecular weight is 357 g/mol. The molecule has 134 valence electrons. The summed E-state index contributed by atoms with van der Waals surface area (Å²) in [4.78, 5) is 16.3. The number of hydrogen-bond acceptors (Lipinski definition) is 4. The van der Waals surface area contributed by atoms with E-state index in [-0.39, 0.29) is 6.42 Å². The Morgan fingerprint density at radius 3 is 2.62 bits per heavy atom. The molecule has 0 unspecified atom stereocenters. The van der Waals surface area contributed by atoms with Crippen LogP contribution in [0.15, 0.2) is 48.8 Å².